The van der Waals surface area contributed by atoms with E-state index in [9.17, 15) is 19.1 Å². The van der Waals surface area contributed by atoms with Gasteiger partial charge in [-0.3, -0.25) is 0 Å². The van der Waals surface area contributed by atoms with Crippen molar-refractivity contribution in [2.45, 2.75) is 38.3 Å². The van der Waals surface area contributed by atoms with Gasteiger partial charge in [0.05, 0.1) is 0 Å². The second-order valence-corrected chi connectivity index (χ2v) is 5.19. The molecular weight excluding hydrogens is 275 g/mol. The van der Waals surface area contributed by atoms with Crippen LogP contribution in [0.1, 0.15) is 31.2 Å². The van der Waals surface area contributed by atoms with Gasteiger partial charge in [-0.15, -0.1) is 0 Å². The van der Waals surface area contributed by atoms with Crippen LogP contribution in [-0.2, 0) is 11.3 Å². The Balaban J connectivity index is 1.98. The van der Waals surface area contributed by atoms with Gasteiger partial charge in [-0.1, -0.05) is 25.0 Å². The van der Waals surface area contributed by atoms with Gasteiger partial charge in [0, 0.05) is 13.1 Å². The van der Waals surface area contributed by atoms with Crippen LogP contribution in [-0.4, -0.2) is 34.6 Å². The van der Waals surface area contributed by atoms with Gasteiger partial charge in [-0.2, -0.15) is 0 Å². The molecule has 1 aromatic rings. The van der Waals surface area contributed by atoms with Crippen LogP contribution in [0.2, 0.25) is 0 Å². The number of rotatable bonds is 3. The summed E-state index contributed by atoms with van der Waals surface area (Å²) in [5.74, 6) is -1.34. The third-order valence-electron chi connectivity index (χ3n) is 3.63. The highest BCUT2D eigenvalue weighted by atomic mass is 19.1. The zero-order valence-electron chi connectivity index (χ0n) is 11.7. The minimum absolute atomic E-state index is 0.180. The molecule has 0 aliphatic carbocycles. The van der Waals surface area contributed by atoms with Crippen molar-refractivity contribution in [1.29, 1.82) is 0 Å². The molecule has 21 heavy (non-hydrogen) atoms. The number of likely N-dealkylation sites (tertiary alicyclic amines) is 1. The van der Waals surface area contributed by atoms with Gasteiger partial charge in [0.15, 0.2) is 0 Å². The lowest BCUT2D eigenvalue weighted by atomic mass is 10.1. The van der Waals surface area contributed by atoms with Crippen molar-refractivity contribution in [1.82, 2.24) is 10.2 Å². The summed E-state index contributed by atoms with van der Waals surface area (Å²) in [7, 11) is 0. The minimum Gasteiger partial charge on any atom is -0.480 e. The number of urea groups is 1. The van der Waals surface area contributed by atoms with E-state index in [1.807, 2.05) is 0 Å². The molecular formula is C15H19FN2O3. The predicted octanol–water partition coefficient (Wildman–Crippen LogP) is 2.36. The molecule has 1 atom stereocenters. The molecule has 2 rings (SSSR count). The van der Waals surface area contributed by atoms with Crippen LogP contribution in [0.4, 0.5) is 9.18 Å². The zero-order chi connectivity index (χ0) is 15.2. The maximum atomic E-state index is 13.1. The normalized spacial score (nSPS) is 18.9. The van der Waals surface area contributed by atoms with Gasteiger partial charge in [0.1, 0.15) is 11.9 Å². The Morgan fingerprint density at radius 1 is 1.33 bits per heavy atom. The summed E-state index contributed by atoms with van der Waals surface area (Å²) in [4.78, 5) is 24.8. The van der Waals surface area contributed by atoms with E-state index in [0.29, 0.717) is 18.5 Å². The number of benzene rings is 1. The molecule has 0 saturated carbocycles. The van der Waals surface area contributed by atoms with E-state index in [1.54, 1.807) is 12.1 Å². The lowest BCUT2D eigenvalue weighted by Crippen LogP contribution is -2.49. The van der Waals surface area contributed by atoms with Crippen LogP contribution in [0.5, 0.6) is 0 Å². The number of carbonyl (C=O) groups is 2. The Hall–Kier alpha value is -2.11. The average molecular weight is 294 g/mol. The lowest BCUT2D eigenvalue weighted by molar-refractivity contribution is -0.142. The summed E-state index contributed by atoms with van der Waals surface area (Å²) in [6, 6.07) is 4.77. The Morgan fingerprint density at radius 2 is 2.14 bits per heavy atom. The molecule has 2 N–H and O–H groups in total. The Kier molecular flexibility index (Phi) is 5.14. The highest BCUT2D eigenvalue weighted by Crippen LogP contribution is 2.17. The number of hydrogen-bond acceptors (Lipinski definition) is 2. The van der Waals surface area contributed by atoms with Crippen LogP contribution >= 0.6 is 0 Å². The van der Waals surface area contributed by atoms with E-state index in [4.69, 9.17) is 0 Å². The number of amides is 2. The van der Waals surface area contributed by atoms with Crippen molar-refractivity contribution < 1.29 is 19.1 Å². The van der Waals surface area contributed by atoms with Crippen LogP contribution < -0.4 is 5.32 Å². The fourth-order valence-electron chi connectivity index (χ4n) is 2.53. The Labute approximate surface area is 122 Å². The van der Waals surface area contributed by atoms with Gasteiger partial charge >= 0.3 is 12.0 Å². The number of carboxylic acid groups (broad SMARTS) is 1. The van der Waals surface area contributed by atoms with Crippen molar-refractivity contribution in [2.75, 3.05) is 6.54 Å². The molecule has 1 unspecified atom stereocenters. The van der Waals surface area contributed by atoms with Crippen LogP contribution in [0.15, 0.2) is 24.3 Å². The van der Waals surface area contributed by atoms with E-state index >= 15 is 0 Å². The number of aliphatic carboxylic acids is 1. The molecule has 6 heteroatoms. The average Bonchev–Trinajstić information content (AvgIpc) is 2.70. The monoisotopic (exact) mass is 294 g/mol. The molecule has 0 spiro atoms. The zero-order valence-corrected chi connectivity index (χ0v) is 11.7. The first-order valence-electron chi connectivity index (χ1n) is 7.09. The SMILES string of the molecule is O=C(O)C1CCCCCN1C(=O)NCc1cccc(F)c1. The number of nitrogens with one attached hydrogen (secondary N) is 1. The highest BCUT2D eigenvalue weighted by molar-refractivity contribution is 5.82. The van der Waals surface area contributed by atoms with Crippen molar-refractivity contribution in [3.63, 3.8) is 0 Å². The summed E-state index contributed by atoms with van der Waals surface area (Å²) in [5.41, 5.74) is 0.644. The molecule has 1 aliphatic rings. The summed E-state index contributed by atoms with van der Waals surface area (Å²) < 4.78 is 13.1. The molecule has 114 valence electrons. The summed E-state index contributed by atoms with van der Waals surface area (Å²) >= 11 is 0. The lowest BCUT2D eigenvalue weighted by Gasteiger charge is -2.27. The number of carbonyl (C=O) groups excluding carboxylic acids is 1. The third kappa shape index (κ3) is 4.18. The molecule has 1 saturated heterocycles. The molecule has 2 amide bonds. The second kappa shape index (κ2) is 7.06. The maximum Gasteiger partial charge on any atom is 0.326 e. The van der Waals surface area contributed by atoms with Crippen LogP contribution in [0.25, 0.3) is 0 Å². The van der Waals surface area contributed by atoms with E-state index in [0.717, 1.165) is 19.3 Å². The van der Waals surface area contributed by atoms with E-state index < -0.39 is 18.0 Å². The summed E-state index contributed by atoms with van der Waals surface area (Å²) in [6.45, 7) is 0.616. The first-order valence-corrected chi connectivity index (χ1v) is 7.09. The third-order valence-corrected chi connectivity index (χ3v) is 3.63. The van der Waals surface area contributed by atoms with Gasteiger partial charge in [0.25, 0.3) is 0 Å². The fourth-order valence-corrected chi connectivity index (χ4v) is 2.53. The summed E-state index contributed by atoms with van der Waals surface area (Å²) in [6.07, 6.45) is 3.02. The highest BCUT2D eigenvalue weighted by Gasteiger charge is 2.30. The van der Waals surface area contributed by atoms with E-state index in [-0.39, 0.29) is 12.4 Å². The molecule has 1 heterocycles. The maximum absolute atomic E-state index is 13.1. The number of nitrogens with zero attached hydrogens (tertiary/aromatic N) is 1. The molecule has 5 nitrogen and oxygen atoms in total. The molecule has 1 aromatic carbocycles. The Bertz CT molecular complexity index is 521. The van der Waals surface area contributed by atoms with Crippen molar-refractivity contribution in [2.24, 2.45) is 0 Å². The number of carboxylic acids is 1. The van der Waals surface area contributed by atoms with Crippen molar-refractivity contribution >= 4 is 12.0 Å². The smallest absolute Gasteiger partial charge is 0.326 e. The van der Waals surface area contributed by atoms with Crippen molar-refractivity contribution in [3.8, 4) is 0 Å². The fraction of sp³-hybridized carbons (Fsp3) is 0.467. The first-order chi connectivity index (χ1) is 10.1. The molecule has 0 radical (unpaired) electrons. The molecule has 1 fully saturated rings. The van der Waals surface area contributed by atoms with Gasteiger partial charge in [-0.25, -0.2) is 14.0 Å². The molecule has 0 aromatic heterocycles. The summed E-state index contributed by atoms with van der Waals surface area (Å²) in [5, 5.41) is 11.9. The minimum atomic E-state index is -0.974. The number of halogens is 1. The Morgan fingerprint density at radius 3 is 2.86 bits per heavy atom. The van der Waals surface area contributed by atoms with Crippen molar-refractivity contribution in [3.05, 3.63) is 35.6 Å². The van der Waals surface area contributed by atoms with E-state index in [2.05, 4.69) is 5.32 Å². The topological polar surface area (TPSA) is 69.6 Å². The molecule has 1 aliphatic heterocycles. The largest absolute Gasteiger partial charge is 0.480 e. The second-order valence-electron chi connectivity index (χ2n) is 5.19. The quantitative estimate of drug-likeness (QED) is 0.899. The predicted molar refractivity (Wildman–Crippen MR) is 75.2 cm³/mol. The number of hydrogen-bond donors (Lipinski definition) is 2. The van der Waals surface area contributed by atoms with Gasteiger partial charge < -0.3 is 15.3 Å². The molecule has 0 bridgehead atoms. The standard InChI is InChI=1S/C15H19FN2O3/c16-12-6-4-5-11(9-12)10-17-15(21)18-8-3-1-2-7-13(18)14(19)20/h4-6,9,13H,1-3,7-8,10H2,(H,17,21)(H,19,20). The van der Waals surface area contributed by atoms with Crippen LogP contribution in [0, 0.1) is 5.82 Å². The van der Waals surface area contributed by atoms with Crippen LogP contribution in [0.3, 0.4) is 0 Å². The first kappa shape index (κ1) is 15.3. The van der Waals surface area contributed by atoms with E-state index in [1.165, 1.54) is 17.0 Å². The van der Waals surface area contributed by atoms with Gasteiger partial charge in [-0.05, 0) is 30.5 Å². The van der Waals surface area contributed by atoms with Gasteiger partial charge in [0.2, 0.25) is 0 Å².